The van der Waals surface area contributed by atoms with Crippen LogP contribution in [0.3, 0.4) is 0 Å². The van der Waals surface area contributed by atoms with Crippen molar-refractivity contribution in [2.75, 3.05) is 18.5 Å². The largest absolute Gasteiger partial charge is 0.360 e. The van der Waals surface area contributed by atoms with Gasteiger partial charge in [-0.25, -0.2) is 4.98 Å². The van der Waals surface area contributed by atoms with E-state index in [1.165, 1.54) is 19.3 Å². The monoisotopic (exact) mass is 212 g/mol. The average molecular weight is 213 g/mol. The van der Waals surface area contributed by atoms with Gasteiger partial charge in [-0.05, 0) is 18.6 Å². The third-order valence-electron chi connectivity index (χ3n) is 2.20. The first kappa shape index (κ1) is 11.3. The van der Waals surface area contributed by atoms with Crippen LogP contribution in [0.4, 0.5) is 5.82 Å². The molecule has 0 atom stereocenters. The lowest BCUT2D eigenvalue weighted by Crippen LogP contribution is -2.19. The molecule has 0 aromatic carbocycles. The van der Waals surface area contributed by atoms with Crippen molar-refractivity contribution in [2.24, 2.45) is 0 Å². The number of halogens is 1. The maximum atomic E-state index is 5.76. The summed E-state index contributed by atoms with van der Waals surface area (Å²) in [5.74, 6) is 0.991. The number of nitrogens with zero attached hydrogens (tertiary/aromatic N) is 2. The molecule has 1 aromatic rings. The van der Waals surface area contributed by atoms with Crippen molar-refractivity contribution >= 4 is 17.4 Å². The van der Waals surface area contributed by atoms with Crippen LogP contribution in [0.1, 0.15) is 26.2 Å². The predicted molar refractivity (Wildman–Crippen MR) is 62.0 cm³/mol. The van der Waals surface area contributed by atoms with Crippen molar-refractivity contribution in [2.45, 2.75) is 26.2 Å². The van der Waals surface area contributed by atoms with E-state index in [0.717, 1.165) is 12.4 Å². The van der Waals surface area contributed by atoms with E-state index < -0.39 is 0 Å². The highest BCUT2D eigenvalue weighted by Crippen LogP contribution is 2.13. The molecule has 0 bridgehead atoms. The summed E-state index contributed by atoms with van der Waals surface area (Å²) < 4.78 is 0. The first-order chi connectivity index (χ1) is 6.74. The highest BCUT2D eigenvalue weighted by atomic mass is 35.5. The lowest BCUT2D eigenvalue weighted by Gasteiger charge is -2.17. The summed E-state index contributed by atoms with van der Waals surface area (Å²) in [7, 11) is 2.06. The number of aromatic nitrogens is 1. The number of hydrogen-bond acceptors (Lipinski definition) is 2. The zero-order chi connectivity index (χ0) is 10.4. The molecule has 0 unspecified atom stereocenters. The number of rotatable bonds is 5. The molecule has 0 spiro atoms. The third kappa shape index (κ3) is 3.54. The summed E-state index contributed by atoms with van der Waals surface area (Å²) in [4.78, 5) is 6.41. The van der Waals surface area contributed by atoms with Crippen molar-refractivity contribution in [3.05, 3.63) is 23.4 Å². The second-order valence-corrected chi connectivity index (χ2v) is 3.90. The molecule has 0 aliphatic heterocycles. The minimum absolute atomic E-state index is 0.690. The molecule has 0 saturated carbocycles. The Morgan fingerprint density at radius 2 is 2.14 bits per heavy atom. The van der Waals surface area contributed by atoms with Crippen LogP contribution in [-0.2, 0) is 0 Å². The van der Waals surface area contributed by atoms with Crippen molar-refractivity contribution in [1.82, 2.24) is 4.98 Å². The fraction of sp³-hybridized carbons (Fsp3) is 0.545. The fourth-order valence-corrected chi connectivity index (χ4v) is 1.42. The number of anilines is 1. The topological polar surface area (TPSA) is 16.1 Å². The second kappa shape index (κ2) is 5.86. The number of unbranched alkanes of at least 4 members (excludes halogenated alkanes) is 2. The lowest BCUT2D eigenvalue weighted by atomic mass is 10.2. The SMILES string of the molecule is CCCCCN(C)c1ccc(Cl)cn1. The van der Waals surface area contributed by atoms with Gasteiger partial charge in [-0.2, -0.15) is 0 Å². The molecule has 1 heterocycles. The molecule has 0 radical (unpaired) electrons. The van der Waals surface area contributed by atoms with Gasteiger partial charge in [0.2, 0.25) is 0 Å². The molecule has 0 fully saturated rings. The third-order valence-corrected chi connectivity index (χ3v) is 2.42. The van der Waals surface area contributed by atoms with Crippen LogP contribution < -0.4 is 4.90 Å². The Balaban J connectivity index is 2.43. The Bertz CT molecular complexity index is 258. The van der Waals surface area contributed by atoms with Crippen LogP contribution >= 0.6 is 11.6 Å². The molecule has 0 amide bonds. The van der Waals surface area contributed by atoms with Gasteiger partial charge in [0.05, 0.1) is 5.02 Å². The van der Waals surface area contributed by atoms with Crippen LogP contribution in [-0.4, -0.2) is 18.6 Å². The van der Waals surface area contributed by atoms with Gasteiger partial charge in [-0.3, -0.25) is 0 Å². The van der Waals surface area contributed by atoms with Gasteiger partial charge in [0, 0.05) is 19.8 Å². The average Bonchev–Trinajstić information content (AvgIpc) is 2.19. The highest BCUT2D eigenvalue weighted by Gasteiger charge is 2.00. The fourth-order valence-electron chi connectivity index (χ4n) is 1.31. The smallest absolute Gasteiger partial charge is 0.128 e. The molecule has 78 valence electrons. The molecule has 1 rings (SSSR count). The molecular weight excluding hydrogens is 196 g/mol. The van der Waals surface area contributed by atoms with E-state index >= 15 is 0 Å². The summed E-state index contributed by atoms with van der Waals surface area (Å²) in [6.07, 6.45) is 5.43. The second-order valence-electron chi connectivity index (χ2n) is 3.46. The summed E-state index contributed by atoms with van der Waals surface area (Å²) in [6, 6.07) is 3.83. The zero-order valence-corrected chi connectivity index (χ0v) is 9.59. The van der Waals surface area contributed by atoms with Gasteiger partial charge in [0.1, 0.15) is 5.82 Å². The van der Waals surface area contributed by atoms with Crippen LogP contribution in [0.15, 0.2) is 18.3 Å². The van der Waals surface area contributed by atoms with Crippen LogP contribution in [0.5, 0.6) is 0 Å². The minimum Gasteiger partial charge on any atom is -0.360 e. The Morgan fingerprint density at radius 3 is 2.71 bits per heavy atom. The molecule has 2 nitrogen and oxygen atoms in total. The molecule has 3 heteroatoms. The van der Waals surface area contributed by atoms with Gasteiger partial charge in [-0.1, -0.05) is 31.4 Å². The molecular formula is C11H17ClN2. The van der Waals surface area contributed by atoms with Crippen molar-refractivity contribution in [3.8, 4) is 0 Å². The highest BCUT2D eigenvalue weighted by molar-refractivity contribution is 6.30. The van der Waals surface area contributed by atoms with E-state index in [9.17, 15) is 0 Å². The molecule has 1 aromatic heterocycles. The summed E-state index contributed by atoms with van der Waals surface area (Å²) in [5.41, 5.74) is 0. The van der Waals surface area contributed by atoms with Gasteiger partial charge in [-0.15, -0.1) is 0 Å². The molecule has 0 aliphatic rings. The van der Waals surface area contributed by atoms with E-state index in [1.807, 2.05) is 12.1 Å². The van der Waals surface area contributed by atoms with Crippen LogP contribution in [0.25, 0.3) is 0 Å². The Hall–Kier alpha value is -0.760. The van der Waals surface area contributed by atoms with Crippen molar-refractivity contribution in [1.29, 1.82) is 0 Å². The molecule has 0 N–H and O–H groups in total. The first-order valence-corrected chi connectivity index (χ1v) is 5.44. The Morgan fingerprint density at radius 1 is 1.36 bits per heavy atom. The Kier molecular flexibility index (Phi) is 4.74. The zero-order valence-electron chi connectivity index (χ0n) is 8.83. The van der Waals surface area contributed by atoms with Crippen LogP contribution in [0, 0.1) is 0 Å². The molecule has 0 aliphatic carbocycles. The predicted octanol–water partition coefficient (Wildman–Crippen LogP) is 3.36. The van der Waals surface area contributed by atoms with Gasteiger partial charge >= 0.3 is 0 Å². The standard InChI is InChI=1S/C11H17ClN2/c1-3-4-5-8-14(2)11-7-6-10(12)9-13-11/h6-7,9H,3-5,8H2,1-2H3. The molecule has 0 saturated heterocycles. The maximum Gasteiger partial charge on any atom is 0.128 e. The van der Waals surface area contributed by atoms with Gasteiger partial charge in [0.25, 0.3) is 0 Å². The molecule has 14 heavy (non-hydrogen) atoms. The summed E-state index contributed by atoms with van der Waals surface area (Å²) in [5, 5.41) is 0.690. The Labute approximate surface area is 90.9 Å². The maximum absolute atomic E-state index is 5.76. The normalized spacial score (nSPS) is 10.2. The van der Waals surface area contributed by atoms with Crippen LogP contribution in [0.2, 0.25) is 5.02 Å². The van der Waals surface area contributed by atoms with Gasteiger partial charge in [0.15, 0.2) is 0 Å². The van der Waals surface area contributed by atoms with Crippen molar-refractivity contribution in [3.63, 3.8) is 0 Å². The summed E-state index contributed by atoms with van der Waals surface area (Å²) in [6.45, 7) is 3.27. The first-order valence-electron chi connectivity index (χ1n) is 5.06. The van der Waals surface area contributed by atoms with E-state index in [0.29, 0.717) is 5.02 Å². The lowest BCUT2D eigenvalue weighted by molar-refractivity contribution is 0.701. The summed E-state index contributed by atoms with van der Waals surface area (Å²) >= 11 is 5.76. The van der Waals surface area contributed by atoms with E-state index in [-0.39, 0.29) is 0 Å². The van der Waals surface area contributed by atoms with Gasteiger partial charge < -0.3 is 4.90 Å². The van der Waals surface area contributed by atoms with E-state index in [2.05, 4.69) is 23.9 Å². The number of pyridine rings is 1. The van der Waals surface area contributed by atoms with Crippen molar-refractivity contribution < 1.29 is 0 Å². The number of hydrogen-bond donors (Lipinski definition) is 0. The van der Waals surface area contributed by atoms with E-state index in [4.69, 9.17) is 11.6 Å². The van der Waals surface area contributed by atoms with E-state index in [1.54, 1.807) is 6.20 Å². The minimum atomic E-state index is 0.690. The quantitative estimate of drug-likeness (QED) is 0.696.